The molecule has 0 radical (unpaired) electrons. The van der Waals surface area contributed by atoms with Gasteiger partial charge in [0.15, 0.2) is 0 Å². The summed E-state index contributed by atoms with van der Waals surface area (Å²) in [5, 5.41) is 3.88. The predicted molar refractivity (Wildman–Crippen MR) is 92.0 cm³/mol. The summed E-state index contributed by atoms with van der Waals surface area (Å²) in [6.45, 7) is 4.59. The standard InChI is InChI=1S/C18H21FN2O2S/c1-11(15-4-3-9-23-15)21-18(22)17-12(2)20-16(24-17)10-13-5-7-14(19)8-6-13/h5-8,11,15H,3-4,9-10H2,1-2H3,(H,21,22). The molecule has 1 N–H and O–H groups in total. The van der Waals surface area contributed by atoms with Crippen LogP contribution in [0.1, 0.15) is 45.7 Å². The van der Waals surface area contributed by atoms with Gasteiger partial charge in [0, 0.05) is 13.0 Å². The lowest BCUT2D eigenvalue weighted by atomic mass is 10.1. The highest BCUT2D eigenvalue weighted by Crippen LogP contribution is 2.22. The second kappa shape index (κ2) is 7.40. The molecule has 0 aliphatic carbocycles. The maximum atomic E-state index is 13.0. The number of rotatable bonds is 5. The van der Waals surface area contributed by atoms with E-state index in [1.165, 1.54) is 23.5 Å². The van der Waals surface area contributed by atoms with Gasteiger partial charge in [0.05, 0.1) is 22.8 Å². The largest absolute Gasteiger partial charge is 0.376 e. The van der Waals surface area contributed by atoms with Crippen molar-refractivity contribution in [3.05, 3.63) is 51.2 Å². The molecule has 1 fully saturated rings. The number of nitrogens with one attached hydrogen (secondary N) is 1. The predicted octanol–water partition coefficient (Wildman–Crippen LogP) is 3.48. The third kappa shape index (κ3) is 3.99. The normalized spacial score (nSPS) is 18.5. The molecule has 1 aromatic heterocycles. The Labute approximate surface area is 145 Å². The first-order valence-corrected chi connectivity index (χ1v) is 8.98. The minimum atomic E-state index is -0.253. The van der Waals surface area contributed by atoms with E-state index in [1.54, 1.807) is 12.1 Å². The monoisotopic (exact) mass is 348 g/mol. The maximum Gasteiger partial charge on any atom is 0.263 e. The molecule has 1 aliphatic rings. The van der Waals surface area contributed by atoms with Crippen LogP contribution < -0.4 is 5.32 Å². The Morgan fingerprint density at radius 1 is 1.46 bits per heavy atom. The number of carbonyl (C=O) groups is 1. The average molecular weight is 348 g/mol. The molecule has 1 amide bonds. The number of ether oxygens (including phenoxy) is 1. The highest BCUT2D eigenvalue weighted by Gasteiger charge is 2.25. The van der Waals surface area contributed by atoms with Crippen LogP contribution in [0.15, 0.2) is 24.3 Å². The SMILES string of the molecule is Cc1nc(Cc2ccc(F)cc2)sc1C(=O)NC(C)C1CCCO1. The van der Waals surface area contributed by atoms with Crippen molar-refractivity contribution >= 4 is 17.2 Å². The highest BCUT2D eigenvalue weighted by atomic mass is 32.1. The first-order chi connectivity index (χ1) is 11.5. The molecule has 1 aliphatic heterocycles. The fraction of sp³-hybridized carbons (Fsp3) is 0.444. The van der Waals surface area contributed by atoms with E-state index in [9.17, 15) is 9.18 Å². The van der Waals surface area contributed by atoms with Crippen LogP contribution in [0.5, 0.6) is 0 Å². The molecule has 1 aromatic carbocycles. The van der Waals surface area contributed by atoms with Crippen LogP contribution in [0.2, 0.25) is 0 Å². The number of halogens is 1. The van der Waals surface area contributed by atoms with Crippen LogP contribution in [0.25, 0.3) is 0 Å². The second-order valence-corrected chi connectivity index (χ2v) is 7.22. The quantitative estimate of drug-likeness (QED) is 0.900. The number of benzene rings is 1. The molecule has 0 bridgehead atoms. The number of hydrogen-bond donors (Lipinski definition) is 1. The summed E-state index contributed by atoms with van der Waals surface area (Å²) >= 11 is 1.39. The number of aromatic nitrogens is 1. The summed E-state index contributed by atoms with van der Waals surface area (Å²) in [5.74, 6) is -0.351. The average Bonchev–Trinajstić information content (AvgIpc) is 3.19. The van der Waals surface area contributed by atoms with Crippen LogP contribution >= 0.6 is 11.3 Å². The zero-order valence-corrected chi connectivity index (χ0v) is 14.7. The van der Waals surface area contributed by atoms with Gasteiger partial charge in [-0.3, -0.25) is 4.79 Å². The van der Waals surface area contributed by atoms with E-state index in [0.717, 1.165) is 35.7 Å². The van der Waals surface area contributed by atoms with Crippen LogP contribution in [0.3, 0.4) is 0 Å². The molecule has 6 heteroatoms. The molecular weight excluding hydrogens is 327 g/mol. The number of thiazole rings is 1. The lowest BCUT2D eigenvalue weighted by Gasteiger charge is -2.19. The first-order valence-electron chi connectivity index (χ1n) is 8.16. The van der Waals surface area contributed by atoms with Crippen LogP contribution in [0, 0.1) is 12.7 Å². The van der Waals surface area contributed by atoms with Gasteiger partial charge in [0.25, 0.3) is 5.91 Å². The zero-order chi connectivity index (χ0) is 17.1. The van der Waals surface area contributed by atoms with E-state index in [-0.39, 0.29) is 23.9 Å². The van der Waals surface area contributed by atoms with Crippen LogP contribution in [-0.2, 0) is 11.2 Å². The van der Waals surface area contributed by atoms with Gasteiger partial charge in [0.2, 0.25) is 0 Å². The Kier molecular flexibility index (Phi) is 5.26. The van der Waals surface area contributed by atoms with E-state index in [0.29, 0.717) is 11.3 Å². The molecule has 4 nitrogen and oxygen atoms in total. The summed E-state index contributed by atoms with van der Waals surface area (Å²) in [6.07, 6.45) is 2.73. The number of aryl methyl sites for hydroxylation is 1. The van der Waals surface area contributed by atoms with E-state index < -0.39 is 0 Å². The number of nitrogens with zero attached hydrogens (tertiary/aromatic N) is 1. The maximum absolute atomic E-state index is 13.0. The fourth-order valence-electron chi connectivity index (χ4n) is 2.88. The molecule has 3 rings (SSSR count). The lowest BCUT2D eigenvalue weighted by molar-refractivity contribution is 0.0714. The van der Waals surface area contributed by atoms with Gasteiger partial charge in [-0.15, -0.1) is 11.3 Å². The summed E-state index contributed by atoms with van der Waals surface area (Å²) in [6, 6.07) is 6.35. The molecule has 0 saturated carbocycles. The van der Waals surface area contributed by atoms with Gasteiger partial charge >= 0.3 is 0 Å². The van der Waals surface area contributed by atoms with Crippen molar-refractivity contribution in [2.45, 2.75) is 45.3 Å². The second-order valence-electron chi connectivity index (χ2n) is 6.14. The molecule has 1 saturated heterocycles. The van der Waals surface area contributed by atoms with E-state index in [4.69, 9.17) is 4.74 Å². The van der Waals surface area contributed by atoms with Crippen LogP contribution in [-0.4, -0.2) is 29.6 Å². The third-order valence-electron chi connectivity index (χ3n) is 4.20. The Hall–Kier alpha value is -1.79. The van der Waals surface area contributed by atoms with Crippen molar-refractivity contribution in [3.63, 3.8) is 0 Å². The number of hydrogen-bond acceptors (Lipinski definition) is 4. The van der Waals surface area contributed by atoms with E-state index in [2.05, 4.69) is 10.3 Å². The molecule has 2 atom stereocenters. The van der Waals surface area contributed by atoms with Crippen molar-refractivity contribution in [2.75, 3.05) is 6.61 Å². The number of amides is 1. The fourth-order valence-corrected chi connectivity index (χ4v) is 3.88. The Morgan fingerprint density at radius 2 is 2.21 bits per heavy atom. The summed E-state index contributed by atoms with van der Waals surface area (Å²) in [4.78, 5) is 17.6. The van der Waals surface area contributed by atoms with Crippen molar-refractivity contribution in [1.29, 1.82) is 0 Å². The Bertz CT molecular complexity index is 708. The lowest BCUT2D eigenvalue weighted by Crippen LogP contribution is -2.40. The zero-order valence-electron chi connectivity index (χ0n) is 13.8. The molecular formula is C18H21FN2O2S. The molecule has 128 valence electrons. The highest BCUT2D eigenvalue weighted by molar-refractivity contribution is 7.13. The summed E-state index contributed by atoms with van der Waals surface area (Å²) in [7, 11) is 0. The smallest absolute Gasteiger partial charge is 0.263 e. The van der Waals surface area contributed by atoms with Gasteiger partial charge in [-0.25, -0.2) is 9.37 Å². The number of carbonyl (C=O) groups excluding carboxylic acids is 1. The van der Waals surface area contributed by atoms with Gasteiger partial charge < -0.3 is 10.1 Å². The van der Waals surface area contributed by atoms with Gasteiger partial charge in [0.1, 0.15) is 10.7 Å². The van der Waals surface area contributed by atoms with Gasteiger partial charge in [-0.05, 0) is 44.4 Å². The minimum absolute atomic E-state index is 0.0120. The van der Waals surface area contributed by atoms with Gasteiger partial charge in [-0.2, -0.15) is 0 Å². The third-order valence-corrected chi connectivity index (χ3v) is 5.35. The molecule has 2 aromatic rings. The molecule has 24 heavy (non-hydrogen) atoms. The molecule has 0 spiro atoms. The minimum Gasteiger partial charge on any atom is -0.376 e. The van der Waals surface area contributed by atoms with Crippen molar-refractivity contribution in [3.8, 4) is 0 Å². The summed E-state index contributed by atoms with van der Waals surface area (Å²) < 4.78 is 18.6. The van der Waals surface area contributed by atoms with Crippen LogP contribution in [0.4, 0.5) is 4.39 Å². The summed E-state index contributed by atoms with van der Waals surface area (Å²) in [5.41, 5.74) is 1.71. The van der Waals surface area contributed by atoms with E-state index >= 15 is 0 Å². The first kappa shape index (κ1) is 17.0. The van der Waals surface area contributed by atoms with Crippen molar-refractivity contribution < 1.29 is 13.9 Å². The van der Waals surface area contributed by atoms with Crippen molar-refractivity contribution in [1.82, 2.24) is 10.3 Å². The topological polar surface area (TPSA) is 51.2 Å². The Morgan fingerprint density at radius 3 is 2.88 bits per heavy atom. The van der Waals surface area contributed by atoms with Crippen molar-refractivity contribution in [2.24, 2.45) is 0 Å². The van der Waals surface area contributed by atoms with E-state index in [1.807, 2.05) is 13.8 Å². The van der Waals surface area contributed by atoms with Gasteiger partial charge in [-0.1, -0.05) is 12.1 Å². The Balaban J connectivity index is 1.66. The molecule has 2 heterocycles. The molecule has 2 unspecified atom stereocenters.